The summed E-state index contributed by atoms with van der Waals surface area (Å²) in [5.41, 5.74) is 1.15. The lowest BCUT2D eigenvalue weighted by atomic mass is 10.0. The zero-order valence-corrected chi connectivity index (χ0v) is 16.2. The van der Waals surface area contributed by atoms with Gasteiger partial charge in [0.2, 0.25) is 0 Å². The van der Waals surface area contributed by atoms with E-state index in [1.807, 2.05) is 5.01 Å². The van der Waals surface area contributed by atoms with Crippen LogP contribution in [0.3, 0.4) is 0 Å². The highest BCUT2D eigenvalue weighted by Crippen LogP contribution is 2.20. The fraction of sp³-hybridized carbons (Fsp3) is 0.353. The van der Waals surface area contributed by atoms with Crippen LogP contribution < -0.4 is 0 Å². The maximum absolute atomic E-state index is 12.8. The Labute approximate surface area is 158 Å². The Morgan fingerprint density at radius 2 is 2.00 bits per heavy atom. The average molecular weight is 396 g/mol. The summed E-state index contributed by atoms with van der Waals surface area (Å²) in [5.74, 6) is -0.0942. The lowest BCUT2D eigenvalue weighted by molar-refractivity contribution is -0.112. The van der Waals surface area contributed by atoms with E-state index in [0.29, 0.717) is 15.1 Å². The third-order valence-electron chi connectivity index (χ3n) is 3.88. The van der Waals surface area contributed by atoms with E-state index >= 15 is 0 Å². The maximum atomic E-state index is 12.8. The van der Waals surface area contributed by atoms with Crippen LogP contribution in [0.1, 0.15) is 23.4 Å². The van der Waals surface area contributed by atoms with Crippen LogP contribution in [0.15, 0.2) is 40.5 Å². The third-order valence-corrected chi connectivity index (χ3v) is 5.94. The molecular weight excluding hydrogens is 378 g/mol. The first-order valence-corrected chi connectivity index (χ1v) is 10.7. The summed E-state index contributed by atoms with van der Waals surface area (Å²) in [6, 6.07) is 7.16. The van der Waals surface area contributed by atoms with E-state index in [9.17, 15) is 9.00 Å². The molecule has 1 atom stereocenters. The lowest BCUT2D eigenvalue weighted by Gasteiger charge is -2.14. The van der Waals surface area contributed by atoms with Crippen LogP contribution in [0.5, 0.6) is 0 Å². The predicted octanol–water partition coefficient (Wildman–Crippen LogP) is 3.15. The number of carbonyl (C=O) groups excluding carboxylic acids is 1. The number of halogens is 1. The Bertz CT molecular complexity index is 812. The minimum Gasteiger partial charge on any atom is -0.296 e. The smallest absolute Gasteiger partial charge is 0.190 e. The molecule has 2 heterocycles. The van der Waals surface area contributed by atoms with Crippen molar-refractivity contribution in [1.29, 1.82) is 0 Å². The number of carbonyl (C=O) groups is 1. The SMILES string of the molecule is CS(=O)c1ccc(/C(=N\N2CCCC2)C(=O)Cc2ncc(Cl)s2)cc1. The second-order valence-corrected chi connectivity index (χ2v) is 8.87. The topological polar surface area (TPSA) is 62.6 Å². The molecule has 1 aliphatic rings. The Morgan fingerprint density at radius 1 is 1.32 bits per heavy atom. The van der Waals surface area contributed by atoms with Crippen LogP contribution in [0.4, 0.5) is 0 Å². The van der Waals surface area contributed by atoms with Gasteiger partial charge in [-0.25, -0.2) is 4.98 Å². The van der Waals surface area contributed by atoms with Crippen molar-refractivity contribution in [2.45, 2.75) is 24.2 Å². The van der Waals surface area contributed by atoms with E-state index in [1.165, 1.54) is 11.3 Å². The molecule has 1 aromatic carbocycles. The van der Waals surface area contributed by atoms with E-state index in [2.05, 4.69) is 10.1 Å². The quantitative estimate of drug-likeness (QED) is 0.705. The van der Waals surface area contributed by atoms with Crippen molar-refractivity contribution in [3.05, 3.63) is 45.4 Å². The van der Waals surface area contributed by atoms with Gasteiger partial charge in [-0.15, -0.1) is 11.3 Å². The van der Waals surface area contributed by atoms with Crippen LogP contribution in [-0.2, 0) is 22.0 Å². The predicted molar refractivity (Wildman–Crippen MR) is 102 cm³/mol. The molecule has 0 saturated carbocycles. The molecule has 0 spiro atoms. The first-order valence-electron chi connectivity index (χ1n) is 7.94. The van der Waals surface area contributed by atoms with E-state index in [-0.39, 0.29) is 12.2 Å². The highest BCUT2D eigenvalue weighted by atomic mass is 35.5. The highest BCUT2D eigenvalue weighted by Gasteiger charge is 2.20. The van der Waals surface area contributed by atoms with Gasteiger partial charge in [0.1, 0.15) is 15.1 Å². The van der Waals surface area contributed by atoms with Gasteiger partial charge in [-0.05, 0) is 25.0 Å². The number of Topliss-reactive ketones (excluding diaryl/α,β-unsaturated/α-hetero) is 1. The number of hydrogen-bond donors (Lipinski definition) is 0. The standard InChI is InChI=1S/C17H18ClN3O2S2/c1-25(23)13-6-4-12(5-7-13)17(20-21-8-2-3-9-21)14(22)10-16-19-11-15(18)24-16/h4-7,11H,2-3,8-10H2,1H3/b20-17+. The van der Waals surface area contributed by atoms with E-state index in [4.69, 9.17) is 11.6 Å². The summed E-state index contributed by atoms with van der Waals surface area (Å²) < 4.78 is 12.1. The number of rotatable bonds is 6. The molecule has 1 aliphatic heterocycles. The Kier molecular flexibility index (Phi) is 5.98. The first kappa shape index (κ1) is 18.2. The number of aromatic nitrogens is 1. The van der Waals surface area contributed by atoms with Crippen molar-refractivity contribution in [2.24, 2.45) is 5.10 Å². The summed E-state index contributed by atoms with van der Waals surface area (Å²) in [5, 5.41) is 7.21. The molecule has 3 rings (SSSR count). The van der Waals surface area contributed by atoms with Crippen molar-refractivity contribution in [2.75, 3.05) is 19.3 Å². The highest BCUT2D eigenvalue weighted by molar-refractivity contribution is 7.84. The van der Waals surface area contributed by atoms with Gasteiger partial charge < -0.3 is 0 Å². The van der Waals surface area contributed by atoms with Gasteiger partial charge in [-0.1, -0.05) is 23.7 Å². The molecular formula is C17H18ClN3O2S2. The third kappa shape index (κ3) is 4.74. The largest absolute Gasteiger partial charge is 0.296 e. The number of hydrogen-bond acceptors (Lipinski definition) is 6. The number of benzene rings is 1. The Hall–Kier alpha value is -1.57. The van der Waals surface area contributed by atoms with Crippen LogP contribution in [0, 0.1) is 0 Å². The van der Waals surface area contributed by atoms with E-state index in [1.54, 1.807) is 36.7 Å². The molecule has 0 radical (unpaired) electrons. The summed E-state index contributed by atoms with van der Waals surface area (Å²) in [6.07, 6.45) is 5.52. The van der Waals surface area contributed by atoms with Gasteiger partial charge in [0, 0.05) is 40.6 Å². The van der Waals surface area contributed by atoms with Gasteiger partial charge in [0.05, 0.1) is 12.6 Å². The molecule has 1 fully saturated rings. The minimum atomic E-state index is -1.05. The Balaban J connectivity index is 1.88. The first-order chi connectivity index (χ1) is 12.0. The number of thiazole rings is 1. The van der Waals surface area contributed by atoms with Crippen molar-refractivity contribution in [3.63, 3.8) is 0 Å². The second-order valence-electron chi connectivity index (χ2n) is 5.75. The molecule has 25 heavy (non-hydrogen) atoms. The fourth-order valence-electron chi connectivity index (χ4n) is 2.61. The lowest BCUT2D eigenvalue weighted by Crippen LogP contribution is -2.23. The van der Waals surface area contributed by atoms with Crippen molar-refractivity contribution < 1.29 is 9.00 Å². The molecule has 132 valence electrons. The van der Waals surface area contributed by atoms with Crippen molar-refractivity contribution >= 4 is 45.2 Å². The van der Waals surface area contributed by atoms with Gasteiger partial charge >= 0.3 is 0 Å². The van der Waals surface area contributed by atoms with Gasteiger partial charge in [-0.3, -0.25) is 14.0 Å². The summed E-state index contributed by atoms with van der Waals surface area (Å²) >= 11 is 7.20. The molecule has 2 aromatic rings. The molecule has 1 unspecified atom stereocenters. The van der Waals surface area contributed by atoms with E-state index in [0.717, 1.165) is 36.4 Å². The average Bonchev–Trinajstić information content (AvgIpc) is 3.24. The fourth-order valence-corrected chi connectivity index (χ4v) is 4.09. The van der Waals surface area contributed by atoms with Crippen molar-refractivity contribution in [1.82, 2.24) is 9.99 Å². The normalized spacial score (nSPS) is 16.2. The summed E-state index contributed by atoms with van der Waals surface area (Å²) in [4.78, 5) is 17.7. The molecule has 1 aromatic heterocycles. The summed E-state index contributed by atoms with van der Waals surface area (Å²) in [7, 11) is -1.05. The molecule has 0 aliphatic carbocycles. The van der Waals surface area contributed by atoms with Crippen molar-refractivity contribution in [3.8, 4) is 0 Å². The zero-order chi connectivity index (χ0) is 17.8. The van der Waals surface area contributed by atoms with Crippen LogP contribution in [-0.4, -0.2) is 45.0 Å². The minimum absolute atomic E-state index is 0.0942. The number of hydrazone groups is 1. The van der Waals surface area contributed by atoms with E-state index < -0.39 is 10.8 Å². The molecule has 0 amide bonds. The molecule has 8 heteroatoms. The van der Waals surface area contributed by atoms with Gasteiger partial charge in [0.25, 0.3) is 0 Å². The zero-order valence-electron chi connectivity index (χ0n) is 13.8. The summed E-state index contributed by atoms with van der Waals surface area (Å²) in [6.45, 7) is 1.72. The Morgan fingerprint density at radius 3 is 2.56 bits per heavy atom. The van der Waals surface area contributed by atoms with Gasteiger partial charge in [-0.2, -0.15) is 5.10 Å². The second kappa shape index (κ2) is 8.21. The molecule has 5 nitrogen and oxygen atoms in total. The van der Waals surface area contributed by atoms with Crippen LogP contribution in [0.25, 0.3) is 0 Å². The number of ketones is 1. The van der Waals surface area contributed by atoms with Crippen LogP contribution in [0.2, 0.25) is 4.34 Å². The van der Waals surface area contributed by atoms with Gasteiger partial charge in [0.15, 0.2) is 5.78 Å². The molecule has 0 bridgehead atoms. The number of nitrogens with zero attached hydrogens (tertiary/aromatic N) is 3. The molecule has 1 saturated heterocycles. The monoisotopic (exact) mass is 395 g/mol. The molecule has 0 N–H and O–H groups in total. The van der Waals surface area contributed by atoms with Crippen LogP contribution >= 0.6 is 22.9 Å². The maximum Gasteiger partial charge on any atom is 0.190 e.